The number of benzene rings is 1. The standard InChI is InChI=1S/C10H10ClN3OS/c1-6-4-7(2-3-8(6)11)15-10-14-13-9(5-12)16-10/h2-4H,5,12H2,1H3. The summed E-state index contributed by atoms with van der Waals surface area (Å²) in [7, 11) is 0. The lowest BCUT2D eigenvalue weighted by atomic mass is 10.2. The molecule has 1 aromatic carbocycles. The van der Waals surface area contributed by atoms with Gasteiger partial charge in [0.2, 0.25) is 0 Å². The number of ether oxygens (including phenoxy) is 1. The predicted octanol–water partition coefficient (Wildman–Crippen LogP) is 2.75. The summed E-state index contributed by atoms with van der Waals surface area (Å²) in [6.45, 7) is 2.29. The van der Waals surface area contributed by atoms with Crippen molar-refractivity contribution in [3.63, 3.8) is 0 Å². The molecule has 0 saturated carbocycles. The Kier molecular flexibility index (Phi) is 3.38. The molecule has 4 nitrogen and oxygen atoms in total. The number of aromatic nitrogens is 2. The van der Waals surface area contributed by atoms with E-state index in [1.807, 2.05) is 13.0 Å². The molecule has 2 N–H and O–H groups in total. The molecule has 1 heterocycles. The van der Waals surface area contributed by atoms with E-state index in [9.17, 15) is 0 Å². The molecule has 0 unspecified atom stereocenters. The first-order valence-electron chi connectivity index (χ1n) is 4.65. The number of halogens is 1. The van der Waals surface area contributed by atoms with E-state index in [1.54, 1.807) is 12.1 Å². The highest BCUT2D eigenvalue weighted by Gasteiger charge is 2.05. The van der Waals surface area contributed by atoms with Crippen molar-refractivity contribution in [1.29, 1.82) is 0 Å². The molecule has 0 fully saturated rings. The van der Waals surface area contributed by atoms with E-state index in [0.717, 1.165) is 10.6 Å². The van der Waals surface area contributed by atoms with E-state index in [1.165, 1.54) is 11.3 Å². The molecule has 0 aliphatic heterocycles. The summed E-state index contributed by atoms with van der Waals surface area (Å²) in [5, 5.41) is 9.68. The van der Waals surface area contributed by atoms with Crippen LogP contribution < -0.4 is 10.5 Å². The molecule has 0 aliphatic rings. The van der Waals surface area contributed by atoms with Gasteiger partial charge in [0.15, 0.2) is 0 Å². The third kappa shape index (κ3) is 2.49. The number of hydrogen-bond donors (Lipinski definition) is 1. The molecule has 0 aliphatic carbocycles. The van der Waals surface area contributed by atoms with Crippen LogP contribution in [0, 0.1) is 6.92 Å². The minimum absolute atomic E-state index is 0.376. The van der Waals surface area contributed by atoms with Crippen LogP contribution in [-0.2, 0) is 6.54 Å². The van der Waals surface area contributed by atoms with Crippen molar-refractivity contribution in [2.45, 2.75) is 13.5 Å². The summed E-state index contributed by atoms with van der Waals surface area (Å²) >= 11 is 7.25. The summed E-state index contributed by atoms with van der Waals surface area (Å²) in [5.74, 6) is 0.696. The highest BCUT2D eigenvalue weighted by molar-refractivity contribution is 7.13. The van der Waals surface area contributed by atoms with Gasteiger partial charge in [-0.25, -0.2) is 0 Å². The molecule has 0 saturated heterocycles. The van der Waals surface area contributed by atoms with Crippen molar-refractivity contribution in [2.75, 3.05) is 0 Å². The van der Waals surface area contributed by atoms with Gasteiger partial charge in [0.1, 0.15) is 10.8 Å². The average molecular weight is 256 g/mol. The van der Waals surface area contributed by atoms with Crippen LogP contribution in [0.5, 0.6) is 10.9 Å². The fourth-order valence-electron chi connectivity index (χ4n) is 1.14. The van der Waals surface area contributed by atoms with Gasteiger partial charge in [-0.2, -0.15) is 0 Å². The third-order valence-corrected chi connectivity index (χ3v) is 3.21. The Bertz CT molecular complexity index is 501. The molecule has 0 amide bonds. The Labute approximate surface area is 102 Å². The van der Waals surface area contributed by atoms with E-state index in [2.05, 4.69) is 10.2 Å². The van der Waals surface area contributed by atoms with Crippen LogP contribution in [0.4, 0.5) is 0 Å². The van der Waals surface area contributed by atoms with Gasteiger partial charge in [0, 0.05) is 11.6 Å². The van der Waals surface area contributed by atoms with Gasteiger partial charge in [-0.05, 0) is 30.7 Å². The molecule has 2 rings (SSSR count). The Morgan fingerprint density at radius 3 is 2.88 bits per heavy atom. The Morgan fingerprint density at radius 2 is 2.25 bits per heavy atom. The third-order valence-electron chi connectivity index (χ3n) is 1.96. The van der Waals surface area contributed by atoms with Gasteiger partial charge in [-0.3, -0.25) is 0 Å². The lowest BCUT2D eigenvalue weighted by Crippen LogP contribution is -1.94. The first kappa shape index (κ1) is 11.3. The molecule has 0 radical (unpaired) electrons. The Hall–Kier alpha value is -1.17. The van der Waals surface area contributed by atoms with Crippen LogP contribution in [0.15, 0.2) is 18.2 Å². The quantitative estimate of drug-likeness (QED) is 0.916. The highest BCUT2D eigenvalue weighted by Crippen LogP contribution is 2.27. The van der Waals surface area contributed by atoms with Crippen molar-refractivity contribution < 1.29 is 4.74 Å². The summed E-state index contributed by atoms with van der Waals surface area (Å²) in [5.41, 5.74) is 6.40. The van der Waals surface area contributed by atoms with Gasteiger partial charge >= 0.3 is 0 Å². The van der Waals surface area contributed by atoms with Crippen LogP contribution in [0.1, 0.15) is 10.6 Å². The monoisotopic (exact) mass is 255 g/mol. The molecular weight excluding hydrogens is 246 g/mol. The summed E-state index contributed by atoms with van der Waals surface area (Å²) < 4.78 is 5.53. The smallest absolute Gasteiger partial charge is 0.299 e. The van der Waals surface area contributed by atoms with E-state index < -0.39 is 0 Å². The van der Waals surface area contributed by atoms with Crippen molar-refractivity contribution in [3.05, 3.63) is 33.8 Å². The molecule has 1 aromatic heterocycles. The number of hydrogen-bond acceptors (Lipinski definition) is 5. The number of aryl methyl sites for hydroxylation is 1. The normalized spacial score (nSPS) is 10.4. The maximum absolute atomic E-state index is 5.91. The van der Waals surface area contributed by atoms with Gasteiger partial charge in [-0.15, -0.1) is 5.10 Å². The fraction of sp³-hybridized carbons (Fsp3) is 0.200. The number of nitrogens with zero attached hydrogens (tertiary/aromatic N) is 2. The van der Waals surface area contributed by atoms with Crippen molar-refractivity contribution >= 4 is 22.9 Å². The summed E-state index contributed by atoms with van der Waals surface area (Å²) in [4.78, 5) is 0. The van der Waals surface area contributed by atoms with E-state index in [4.69, 9.17) is 22.1 Å². The van der Waals surface area contributed by atoms with Gasteiger partial charge in [0.05, 0.1) is 0 Å². The number of nitrogens with two attached hydrogens (primary N) is 1. The maximum Gasteiger partial charge on any atom is 0.299 e. The van der Waals surface area contributed by atoms with Crippen LogP contribution >= 0.6 is 22.9 Å². The second kappa shape index (κ2) is 4.78. The van der Waals surface area contributed by atoms with Gasteiger partial charge in [-0.1, -0.05) is 28.0 Å². The van der Waals surface area contributed by atoms with Crippen molar-refractivity contribution in [3.8, 4) is 10.9 Å². The molecule has 16 heavy (non-hydrogen) atoms. The van der Waals surface area contributed by atoms with Crippen molar-refractivity contribution in [2.24, 2.45) is 5.73 Å². The zero-order valence-electron chi connectivity index (χ0n) is 8.61. The molecule has 0 bridgehead atoms. The Morgan fingerprint density at radius 1 is 1.44 bits per heavy atom. The van der Waals surface area contributed by atoms with E-state index >= 15 is 0 Å². The van der Waals surface area contributed by atoms with Crippen molar-refractivity contribution in [1.82, 2.24) is 10.2 Å². The first-order valence-corrected chi connectivity index (χ1v) is 5.85. The fourth-order valence-corrected chi connectivity index (χ4v) is 1.85. The lowest BCUT2D eigenvalue weighted by Gasteiger charge is -2.03. The largest absolute Gasteiger partial charge is 0.430 e. The molecule has 84 valence electrons. The molecule has 0 atom stereocenters. The summed E-state index contributed by atoms with van der Waals surface area (Å²) in [6, 6.07) is 5.43. The SMILES string of the molecule is Cc1cc(Oc2nnc(CN)s2)ccc1Cl. The minimum atomic E-state index is 0.376. The van der Waals surface area contributed by atoms with E-state index in [-0.39, 0.29) is 0 Å². The first-order chi connectivity index (χ1) is 7.69. The van der Waals surface area contributed by atoms with E-state index in [0.29, 0.717) is 22.5 Å². The highest BCUT2D eigenvalue weighted by atomic mass is 35.5. The molecule has 6 heteroatoms. The van der Waals surface area contributed by atoms with Gasteiger partial charge < -0.3 is 10.5 Å². The topological polar surface area (TPSA) is 61.0 Å². The second-order valence-electron chi connectivity index (χ2n) is 3.18. The minimum Gasteiger partial charge on any atom is -0.430 e. The molecule has 2 aromatic rings. The predicted molar refractivity (Wildman–Crippen MR) is 64.1 cm³/mol. The van der Waals surface area contributed by atoms with Gasteiger partial charge in [0.25, 0.3) is 5.19 Å². The maximum atomic E-state index is 5.91. The average Bonchev–Trinajstić information content (AvgIpc) is 2.71. The van der Waals surface area contributed by atoms with Crippen LogP contribution in [0.3, 0.4) is 0 Å². The zero-order chi connectivity index (χ0) is 11.5. The number of rotatable bonds is 3. The summed E-state index contributed by atoms with van der Waals surface area (Å²) in [6.07, 6.45) is 0. The molecular formula is C10H10ClN3OS. The second-order valence-corrected chi connectivity index (χ2v) is 4.61. The van der Waals surface area contributed by atoms with Crippen LogP contribution in [-0.4, -0.2) is 10.2 Å². The Balaban J connectivity index is 2.17. The molecule has 0 spiro atoms. The van der Waals surface area contributed by atoms with Crippen LogP contribution in [0.2, 0.25) is 5.02 Å². The zero-order valence-corrected chi connectivity index (χ0v) is 10.2. The van der Waals surface area contributed by atoms with Crippen LogP contribution in [0.25, 0.3) is 0 Å². The lowest BCUT2D eigenvalue weighted by molar-refractivity contribution is 0.472.